The number of carbonyl (C=O) groups is 1. The highest BCUT2D eigenvalue weighted by atomic mass is 16.2. The molecular formula is C18H27N5O2. The van der Waals surface area contributed by atoms with Gasteiger partial charge in [0.1, 0.15) is 5.82 Å². The van der Waals surface area contributed by atoms with Gasteiger partial charge in [-0.15, -0.1) is 0 Å². The molecular weight excluding hydrogens is 318 g/mol. The Morgan fingerprint density at radius 1 is 1.24 bits per heavy atom. The van der Waals surface area contributed by atoms with E-state index in [2.05, 4.69) is 27.1 Å². The zero-order chi connectivity index (χ0) is 17.4. The van der Waals surface area contributed by atoms with Gasteiger partial charge in [0.25, 0.3) is 5.91 Å². The molecule has 136 valence electrons. The summed E-state index contributed by atoms with van der Waals surface area (Å²) in [6, 6.07) is 1.47. The van der Waals surface area contributed by atoms with E-state index in [1.807, 2.05) is 4.90 Å². The molecule has 0 unspecified atom stereocenters. The number of fused-ring (bicyclic) bond motifs is 1. The van der Waals surface area contributed by atoms with Gasteiger partial charge in [0.15, 0.2) is 0 Å². The van der Waals surface area contributed by atoms with Crippen LogP contribution in [0.3, 0.4) is 0 Å². The van der Waals surface area contributed by atoms with Crippen LogP contribution in [0.25, 0.3) is 0 Å². The van der Waals surface area contributed by atoms with E-state index in [4.69, 9.17) is 0 Å². The first-order chi connectivity index (χ1) is 12.1. The predicted octanol–water partition coefficient (Wildman–Crippen LogP) is 0.0524. The Labute approximate surface area is 148 Å². The van der Waals surface area contributed by atoms with E-state index in [9.17, 15) is 9.59 Å². The molecule has 0 aromatic carbocycles. The Hall–Kier alpha value is -1.86. The van der Waals surface area contributed by atoms with Crippen LogP contribution in [0.5, 0.6) is 0 Å². The molecule has 2 saturated heterocycles. The van der Waals surface area contributed by atoms with E-state index in [0.717, 1.165) is 76.6 Å². The van der Waals surface area contributed by atoms with Crippen LogP contribution in [0, 0.1) is 5.92 Å². The highest BCUT2D eigenvalue weighted by Gasteiger charge is 2.34. The fourth-order valence-corrected chi connectivity index (χ4v) is 4.08. The minimum absolute atomic E-state index is 0.0145. The average Bonchev–Trinajstić information content (AvgIpc) is 2.58. The zero-order valence-electron chi connectivity index (χ0n) is 14.9. The third-order valence-electron chi connectivity index (χ3n) is 5.64. The molecule has 1 aromatic heterocycles. The number of nitrogens with zero attached hydrogens (tertiary/aromatic N) is 3. The molecule has 3 aliphatic heterocycles. The molecule has 4 rings (SSSR count). The topological polar surface area (TPSA) is 71.7 Å². The lowest BCUT2D eigenvalue weighted by atomic mass is 9.95. The van der Waals surface area contributed by atoms with Crippen molar-refractivity contribution in [2.45, 2.75) is 12.8 Å². The number of hydrogen-bond donors (Lipinski definition) is 2. The maximum absolute atomic E-state index is 12.9. The van der Waals surface area contributed by atoms with Gasteiger partial charge in [0, 0.05) is 69.9 Å². The number of piperazine rings is 1. The molecule has 0 spiro atoms. The Kier molecular flexibility index (Phi) is 4.52. The van der Waals surface area contributed by atoms with Crippen molar-refractivity contribution < 1.29 is 4.79 Å². The van der Waals surface area contributed by atoms with Gasteiger partial charge < -0.3 is 25.0 Å². The molecule has 25 heavy (non-hydrogen) atoms. The first-order valence-electron chi connectivity index (χ1n) is 9.30. The Balaban J connectivity index is 1.37. The Morgan fingerprint density at radius 3 is 2.76 bits per heavy atom. The standard InChI is InChI=1S/C18H27N5O2/c1-21-5-7-22(8-6-21)10-13-11-23(12-13)18(25)15-9-16(24)20-17-14(15)3-2-4-19-17/h9,13H,2-8,10-12H2,1H3,(H2,19,20,24). The number of likely N-dealkylation sites (tertiary alicyclic amines) is 1. The lowest BCUT2D eigenvalue weighted by Gasteiger charge is -2.43. The highest BCUT2D eigenvalue weighted by molar-refractivity contribution is 5.97. The molecule has 0 radical (unpaired) electrons. The fourth-order valence-electron chi connectivity index (χ4n) is 4.08. The van der Waals surface area contributed by atoms with Crippen LogP contribution in [-0.2, 0) is 6.42 Å². The van der Waals surface area contributed by atoms with Crippen molar-refractivity contribution in [3.8, 4) is 0 Å². The number of aromatic amines is 1. The number of H-pyrrole nitrogens is 1. The molecule has 7 heteroatoms. The first kappa shape index (κ1) is 16.6. The van der Waals surface area contributed by atoms with E-state index in [1.165, 1.54) is 6.07 Å². The number of aromatic nitrogens is 1. The van der Waals surface area contributed by atoms with E-state index in [1.54, 1.807) is 0 Å². The zero-order valence-corrected chi connectivity index (χ0v) is 14.9. The summed E-state index contributed by atoms with van der Waals surface area (Å²) in [6.45, 7) is 8.02. The fraction of sp³-hybridized carbons (Fsp3) is 0.667. The minimum Gasteiger partial charge on any atom is -0.371 e. The SMILES string of the molecule is CN1CCN(CC2CN(C(=O)c3cc(=O)[nH]c4c3CCCN4)C2)CC1. The summed E-state index contributed by atoms with van der Waals surface area (Å²) < 4.78 is 0. The number of amides is 1. The van der Waals surface area contributed by atoms with Gasteiger partial charge in [-0.25, -0.2) is 0 Å². The van der Waals surface area contributed by atoms with Crippen LogP contribution in [0.15, 0.2) is 10.9 Å². The summed E-state index contributed by atoms with van der Waals surface area (Å²) in [5.41, 5.74) is 1.35. The summed E-state index contributed by atoms with van der Waals surface area (Å²) in [5, 5.41) is 3.20. The second-order valence-electron chi connectivity index (χ2n) is 7.61. The van der Waals surface area contributed by atoms with Crippen LogP contribution in [-0.4, -0.2) is 85.0 Å². The molecule has 7 nitrogen and oxygen atoms in total. The molecule has 0 bridgehead atoms. The Bertz CT molecular complexity index is 702. The van der Waals surface area contributed by atoms with E-state index < -0.39 is 0 Å². The van der Waals surface area contributed by atoms with Crippen molar-refractivity contribution >= 4 is 11.7 Å². The molecule has 0 saturated carbocycles. The van der Waals surface area contributed by atoms with Gasteiger partial charge in [0.05, 0.1) is 5.56 Å². The number of rotatable bonds is 3. The quantitative estimate of drug-likeness (QED) is 0.810. The van der Waals surface area contributed by atoms with Crippen LogP contribution < -0.4 is 10.9 Å². The second kappa shape index (κ2) is 6.80. The second-order valence-corrected chi connectivity index (χ2v) is 7.61. The van der Waals surface area contributed by atoms with E-state index in [-0.39, 0.29) is 11.5 Å². The molecule has 1 amide bonds. The van der Waals surface area contributed by atoms with Gasteiger partial charge in [0.2, 0.25) is 5.56 Å². The first-order valence-corrected chi connectivity index (χ1v) is 9.30. The van der Waals surface area contributed by atoms with Gasteiger partial charge >= 0.3 is 0 Å². The molecule has 4 heterocycles. The normalized spacial score (nSPS) is 22.2. The number of carbonyl (C=O) groups excluding carboxylic acids is 1. The monoisotopic (exact) mass is 345 g/mol. The molecule has 3 aliphatic rings. The highest BCUT2D eigenvalue weighted by Crippen LogP contribution is 2.26. The summed E-state index contributed by atoms with van der Waals surface area (Å²) >= 11 is 0. The maximum atomic E-state index is 12.9. The largest absolute Gasteiger partial charge is 0.371 e. The summed E-state index contributed by atoms with van der Waals surface area (Å²) in [7, 11) is 2.16. The molecule has 1 aromatic rings. The lowest BCUT2D eigenvalue weighted by molar-refractivity contribution is 0.0357. The maximum Gasteiger partial charge on any atom is 0.254 e. The van der Waals surface area contributed by atoms with Crippen molar-refractivity contribution in [1.82, 2.24) is 19.7 Å². The van der Waals surface area contributed by atoms with Gasteiger partial charge in [-0.05, 0) is 19.9 Å². The number of nitrogens with one attached hydrogen (secondary N) is 2. The number of likely N-dealkylation sites (N-methyl/N-ethyl adjacent to an activating group) is 1. The van der Waals surface area contributed by atoms with Gasteiger partial charge in [-0.2, -0.15) is 0 Å². The number of pyridine rings is 1. The Morgan fingerprint density at radius 2 is 2.00 bits per heavy atom. The van der Waals surface area contributed by atoms with Crippen molar-refractivity contribution in [1.29, 1.82) is 0 Å². The summed E-state index contributed by atoms with van der Waals surface area (Å²) in [5.74, 6) is 1.31. The van der Waals surface area contributed by atoms with Crippen molar-refractivity contribution in [2.75, 3.05) is 64.7 Å². The van der Waals surface area contributed by atoms with Crippen molar-refractivity contribution in [2.24, 2.45) is 5.92 Å². The van der Waals surface area contributed by atoms with Gasteiger partial charge in [-0.3, -0.25) is 9.59 Å². The smallest absolute Gasteiger partial charge is 0.254 e. The van der Waals surface area contributed by atoms with Crippen molar-refractivity contribution in [3.05, 3.63) is 27.5 Å². The number of anilines is 1. The predicted molar refractivity (Wildman–Crippen MR) is 97.2 cm³/mol. The van der Waals surface area contributed by atoms with E-state index in [0.29, 0.717) is 11.5 Å². The minimum atomic E-state index is -0.203. The molecule has 0 aliphatic carbocycles. The van der Waals surface area contributed by atoms with Crippen LogP contribution in [0.2, 0.25) is 0 Å². The molecule has 0 atom stereocenters. The van der Waals surface area contributed by atoms with Crippen LogP contribution in [0.4, 0.5) is 5.82 Å². The van der Waals surface area contributed by atoms with E-state index >= 15 is 0 Å². The summed E-state index contributed by atoms with van der Waals surface area (Å²) in [4.78, 5) is 34.3. The van der Waals surface area contributed by atoms with Crippen LogP contribution >= 0.6 is 0 Å². The van der Waals surface area contributed by atoms with Crippen molar-refractivity contribution in [3.63, 3.8) is 0 Å². The number of hydrogen-bond acceptors (Lipinski definition) is 5. The average molecular weight is 345 g/mol. The third kappa shape index (κ3) is 3.43. The van der Waals surface area contributed by atoms with Gasteiger partial charge in [-0.1, -0.05) is 0 Å². The molecule has 2 N–H and O–H groups in total. The van der Waals surface area contributed by atoms with Crippen LogP contribution in [0.1, 0.15) is 22.3 Å². The molecule has 2 fully saturated rings. The third-order valence-corrected chi connectivity index (χ3v) is 5.64. The lowest BCUT2D eigenvalue weighted by Crippen LogP contribution is -2.56. The summed E-state index contributed by atoms with van der Waals surface area (Å²) in [6.07, 6.45) is 1.84.